The third-order valence-corrected chi connectivity index (χ3v) is 6.85. The highest BCUT2D eigenvalue weighted by Crippen LogP contribution is 2.48. The molecule has 0 spiro atoms. The molecule has 1 aliphatic heterocycles. The number of hydrogen-bond acceptors (Lipinski definition) is 6. The van der Waals surface area contributed by atoms with Gasteiger partial charge in [0.15, 0.2) is 5.78 Å². The van der Waals surface area contributed by atoms with Gasteiger partial charge in [0.1, 0.15) is 35.5 Å². The second-order valence-electron chi connectivity index (χ2n) is 9.14. The Bertz CT molecular complexity index is 1280. The van der Waals surface area contributed by atoms with Gasteiger partial charge in [0.2, 0.25) is 5.88 Å². The summed E-state index contributed by atoms with van der Waals surface area (Å²) in [6.45, 7) is 4.24. The minimum Gasteiger partial charge on any atom is -0.496 e. The van der Waals surface area contributed by atoms with Crippen LogP contribution in [0.5, 0.6) is 11.5 Å². The van der Waals surface area contributed by atoms with Crippen molar-refractivity contribution in [2.45, 2.75) is 39.2 Å². The van der Waals surface area contributed by atoms with Crippen molar-refractivity contribution >= 4 is 33.3 Å². The van der Waals surface area contributed by atoms with E-state index in [0.717, 1.165) is 15.6 Å². The number of carbonyl (C=O) groups excluding carboxylic acids is 1. The number of Topliss-reactive ketones (excluding diaryl/α,β-unsaturated/α-hetero) is 1. The van der Waals surface area contributed by atoms with Gasteiger partial charge in [0, 0.05) is 29.0 Å². The van der Waals surface area contributed by atoms with Crippen molar-refractivity contribution in [3.8, 4) is 17.6 Å². The van der Waals surface area contributed by atoms with E-state index in [9.17, 15) is 10.1 Å². The number of halogens is 2. The highest BCUT2D eigenvalue weighted by molar-refractivity contribution is 9.10. The normalized spacial score (nSPS) is 19.3. The topological polar surface area (TPSA) is 94.6 Å². The molecule has 0 saturated heterocycles. The molecule has 0 amide bonds. The van der Waals surface area contributed by atoms with Gasteiger partial charge in [0.05, 0.1) is 17.5 Å². The number of benzene rings is 2. The highest BCUT2D eigenvalue weighted by Gasteiger charge is 2.43. The number of nitrogens with zero attached hydrogens (tertiary/aromatic N) is 1. The van der Waals surface area contributed by atoms with Crippen LogP contribution in [0.4, 0.5) is 0 Å². The molecule has 2 aromatic rings. The Kier molecular flexibility index (Phi) is 6.66. The van der Waals surface area contributed by atoms with Gasteiger partial charge in [-0.05, 0) is 57.2 Å². The first-order chi connectivity index (χ1) is 16.1. The van der Waals surface area contributed by atoms with Crippen LogP contribution >= 0.6 is 27.5 Å². The fourth-order valence-electron chi connectivity index (χ4n) is 4.46. The maximum absolute atomic E-state index is 13.2. The van der Waals surface area contributed by atoms with E-state index in [4.69, 9.17) is 31.5 Å². The van der Waals surface area contributed by atoms with E-state index in [1.54, 1.807) is 25.3 Å². The summed E-state index contributed by atoms with van der Waals surface area (Å²) < 4.78 is 18.0. The number of ether oxygens (including phenoxy) is 3. The average molecular weight is 544 g/mol. The van der Waals surface area contributed by atoms with Gasteiger partial charge in [-0.25, -0.2) is 0 Å². The van der Waals surface area contributed by atoms with E-state index < -0.39 is 5.92 Å². The first kappa shape index (κ1) is 24.2. The van der Waals surface area contributed by atoms with Gasteiger partial charge >= 0.3 is 0 Å². The second-order valence-corrected chi connectivity index (χ2v) is 10.4. The fraction of sp³-hybridized carbons (Fsp3) is 0.308. The molecule has 6 nitrogen and oxygen atoms in total. The molecule has 0 aromatic heterocycles. The van der Waals surface area contributed by atoms with Gasteiger partial charge in [-0.3, -0.25) is 4.79 Å². The summed E-state index contributed by atoms with van der Waals surface area (Å²) in [6, 6.07) is 13.0. The number of methoxy groups -OCH3 is 1. The van der Waals surface area contributed by atoms with Crippen LogP contribution in [0.3, 0.4) is 0 Å². The number of ketones is 1. The molecule has 1 atom stereocenters. The van der Waals surface area contributed by atoms with E-state index in [2.05, 4.69) is 22.0 Å². The molecule has 0 saturated carbocycles. The minimum absolute atomic E-state index is 0.0322. The van der Waals surface area contributed by atoms with Crippen LogP contribution in [0.1, 0.15) is 43.7 Å². The predicted molar refractivity (Wildman–Crippen MR) is 132 cm³/mol. The van der Waals surface area contributed by atoms with Gasteiger partial charge in [-0.1, -0.05) is 31.5 Å². The molecule has 0 radical (unpaired) electrons. The van der Waals surface area contributed by atoms with Gasteiger partial charge in [0.25, 0.3) is 0 Å². The van der Waals surface area contributed by atoms with Gasteiger partial charge < -0.3 is 19.9 Å². The van der Waals surface area contributed by atoms with E-state index in [1.165, 1.54) is 0 Å². The SMILES string of the molecule is COc1ccc([C@H]2C(C#N)=C(N)OC3=C2C(=O)CC(C)(C)C3)cc1COc1ccc(Cl)cc1Br. The molecule has 1 aliphatic carbocycles. The molecule has 0 fully saturated rings. The molecule has 8 heteroatoms. The maximum Gasteiger partial charge on any atom is 0.205 e. The Balaban J connectivity index is 1.75. The fourth-order valence-corrected chi connectivity index (χ4v) is 5.25. The van der Waals surface area contributed by atoms with Gasteiger partial charge in [-0.2, -0.15) is 5.26 Å². The zero-order chi connectivity index (χ0) is 24.6. The zero-order valence-electron chi connectivity index (χ0n) is 19.1. The van der Waals surface area contributed by atoms with Crippen molar-refractivity contribution in [2.75, 3.05) is 7.11 Å². The Hall–Kier alpha value is -2.95. The Labute approximate surface area is 212 Å². The van der Waals surface area contributed by atoms with Gasteiger partial charge in [-0.15, -0.1) is 0 Å². The lowest BCUT2D eigenvalue weighted by atomic mass is 9.70. The van der Waals surface area contributed by atoms with Crippen molar-refractivity contribution in [2.24, 2.45) is 11.1 Å². The third-order valence-electron chi connectivity index (χ3n) is 5.99. The average Bonchev–Trinajstić information content (AvgIpc) is 2.76. The van der Waals surface area contributed by atoms with Crippen LogP contribution in [-0.2, 0) is 16.1 Å². The van der Waals surface area contributed by atoms with Crippen molar-refractivity contribution in [3.05, 3.63) is 79.8 Å². The predicted octanol–water partition coefficient (Wildman–Crippen LogP) is 6.14. The quantitative estimate of drug-likeness (QED) is 0.487. The first-order valence-corrected chi connectivity index (χ1v) is 11.9. The van der Waals surface area contributed by atoms with Crippen LogP contribution in [0.25, 0.3) is 0 Å². The van der Waals surface area contributed by atoms with Crippen LogP contribution in [0.15, 0.2) is 63.7 Å². The highest BCUT2D eigenvalue weighted by atomic mass is 79.9. The number of allylic oxidation sites excluding steroid dienone is 3. The van der Waals surface area contributed by atoms with E-state index in [-0.39, 0.29) is 29.3 Å². The lowest BCUT2D eigenvalue weighted by molar-refractivity contribution is -0.119. The summed E-state index contributed by atoms with van der Waals surface area (Å²) in [5, 5.41) is 10.5. The smallest absolute Gasteiger partial charge is 0.205 e. The molecule has 1 heterocycles. The summed E-state index contributed by atoms with van der Waals surface area (Å²) in [7, 11) is 1.58. The number of nitriles is 1. The summed E-state index contributed by atoms with van der Waals surface area (Å²) >= 11 is 9.48. The Morgan fingerprint density at radius 2 is 1.97 bits per heavy atom. The minimum atomic E-state index is -0.607. The van der Waals surface area contributed by atoms with Crippen molar-refractivity contribution in [1.82, 2.24) is 0 Å². The van der Waals surface area contributed by atoms with Crippen molar-refractivity contribution in [3.63, 3.8) is 0 Å². The summed E-state index contributed by atoms with van der Waals surface area (Å²) in [4.78, 5) is 13.2. The molecule has 176 valence electrons. The van der Waals surface area contributed by atoms with E-state index >= 15 is 0 Å². The number of rotatable bonds is 5. The van der Waals surface area contributed by atoms with Crippen LogP contribution in [0, 0.1) is 16.7 Å². The summed E-state index contributed by atoms with van der Waals surface area (Å²) in [5.74, 6) is 1.19. The van der Waals surface area contributed by atoms with Crippen LogP contribution in [0.2, 0.25) is 5.02 Å². The van der Waals surface area contributed by atoms with E-state index in [0.29, 0.717) is 40.7 Å². The monoisotopic (exact) mass is 542 g/mol. The Morgan fingerprint density at radius 3 is 2.65 bits per heavy atom. The molecule has 2 N–H and O–H groups in total. The molecule has 2 aromatic carbocycles. The lowest BCUT2D eigenvalue weighted by Crippen LogP contribution is -2.33. The molecule has 4 rings (SSSR count). The standard InChI is InChI=1S/C26H24BrClN2O4/c1-26(2)10-19(31)24-22(11-26)34-25(30)17(12-29)23(24)14-4-6-20(32-3)15(8-14)13-33-21-7-5-16(28)9-18(21)27/h4-9,23H,10-11,13,30H2,1-3H3/t23-/m0/s1. The molecule has 2 aliphatic rings. The number of carbonyl (C=O) groups is 1. The summed E-state index contributed by atoms with van der Waals surface area (Å²) in [5.41, 5.74) is 8.14. The molecule has 34 heavy (non-hydrogen) atoms. The third kappa shape index (κ3) is 4.66. The zero-order valence-corrected chi connectivity index (χ0v) is 21.4. The second kappa shape index (κ2) is 9.36. The van der Waals surface area contributed by atoms with Crippen LogP contribution in [-0.4, -0.2) is 12.9 Å². The molecule has 0 unspecified atom stereocenters. The number of nitrogens with two attached hydrogens (primary N) is 1. The maximum atomic E-state index is 13.2. The van der Waals surface area contributed by atoms with E-state index in [1.807, 2.05) is 32.0 Å². The van der Waals surface area contributed by atoms with Crippen molar-refractivity contribution in [1.29, 1.82) is 5.26 Å². The lowest BCUT2D eigenvalue weighted by Gasteiger charge is -2.37. The largest absolute Gasteiger partial charge is 0.496 e. The van der Waals surface area contributed by atoms with Crippen molar-refractivity contribution < 1.29 is 19.0 Å². The molecule has 0 bridgehead atoms. The number of hydrogen-bond donors (Lipinski definition) is 1. The first-order valence-electron chi connectivity index (χ1n) is 10.7. The summed E-state index contributed by atoms with van der Waals surface area (Å²) in [6.07, 6.45) is 0.946. The molecular formula is C26H24BrClN2O4. The molecular weight excluding hydrogens is 520 g/mol. The Morgan fingerprint density at radius 1 is 1.24 bits per heavy atom. The van der Waals surface area contributed by atoms with Crippen LogP contribution < -0.4 is 15.2 Å².